The average Bonchev–Trinajstić information content (AvgIpc) is 2.46. The molecule has 0 aliphatic heterocycles. The number of aliphatic hydroxyl groups excluding tert-OH is 1. The summed E-state index contributed by atoms with van der Waals surface area (Å²) in [5.41, 5.74) is 2.21. The lowest BCUT2D eigenvalue weighted by atomic mass is 9.95. The fourth-order valence-corrected chi connectivity index (χ4v) is 2.00. The van der Waals surface area contributed by atoms with Gasteiger partial charge < -0.3 is 5.11 Å². The number of ketones is 1. The maximum atomic E-state index is 12.3. The van der Waals surface area contributed by atoms with Crippen molar-refractivity contribution in [1.82, 2.24) is 0 Å². The summed E-state index contributed by atoms with van der Waals surface area (Å²) in [5.74, 6) is -0.237. The molecule has 0 radical (unpaired) electrons. The molecular formula is C16H16O2. The van der Waals surface area contributed by atoms with Crippen LogP contribution in [0.1, 0.15) is 34.5 Å². The number of Topliss-reactive ketones (excluding diaryl/α,β-unsaturated/α-hetero) is 1. The third-order valence-corrected chi connectivity index (χ3v) is 3.03. The molecule has 92 valence electrons. The van der Waals surface area contributed by atoms with Gasteiger partial charge in [0.15, 0.2) is 5.78 Å². The van der Waals surface area contributed by atoms with Gasteiger partial charge in [0.25, 0.3) is 0 Å². The Morgan fingerprint density at radius 1 is 1.06 bits per heavy atom. The van der Waals surface area contributed by atoms with E-state index >= 15 is 0 Å². The Morgan fingerprint density at radius 2 is 1.67 bits per heavy atom. The molecule has 0 saturated heterocycles. The zero-order valence-electron chi connectivity index (χ0n) is 10.3. The maximum absolute atomic E-state index is 12.3. The van der Waals surface area contributed by atoms with Crippen LogP contribution >= 0.6 is 0 Å². The molecule has 0 bridgehead atoms. The Bertz CT molecular complexity index is 532. The third kappa shape index (κ3) is 2.49. The van der Waals surface area contributed by atoms with Gasteiger partial charge in [0.2, 0.25) is 0 Å². The molecule has 1 N–H and O–H groups in total. The van der Waals surface area contributed by atoms with E-state index in [1.165, 1.54) is 0 Å². The van der Waals surface area contributed by atoms with Gasteiger partial charge in [-0.05, 0) is 17.5 Å². The molecule has 0 heterocycles. The van der Waals surface area contributed by atoms with E-state index in [0.29, 0.717) is 11.1 Å². The van der Waals surface area contributed by atoms with Crippen LogP contribution < -0.4 is 0 Å². The van der Waals surface area contributed by atoms with Gasteiger partial charge in [-0.15, -0.1) is 0 Å². The number of carbonyl (C=O) groups is 1. The molecule has 2 aromatic carbocycles. The van der Waals surface area contributed by atoms with Crippen LogP contribution in [0.15, 0.2) is 54.6 Å². The molecule has 2 heteroatoms. The van der Waals surface area contributed by atoms with Crippen LogP contribution in [-0.4, -0.2) is 10.9 Å². The summed E-state index contributed by atoms with van der Waals surface area (Å²) in [4.78, 5) is 12.3. The van der Waals surface area contributed by atoms with E-state index in [0.717, 1.165) is 12.0 Å². The number of rotatable bonds is 4. The SMILES string of the molecule is CCc1ccccc1C(=O)C(O)c1ccccc1. The molecule has 0 aliphatic carbocycles. The molecule has 2 nitrogen and oxygen atoms in total. The second kappa shape index (κ2) is 5.61. The quantitative estimate of drug-likeness (QED) is 0.833. The molecule has 18 heavy (non-hydrogen) atoms. The largest absolute Gasteiger partial charge is 0.380 e. The van der Waals surface area contributed by atoms with E-state index in [2.05, 4.69) is 0 Å². The van der Waals surface area contributed by atoms with Crippen molar-refractivity contribution in [2.75, 3.05) is 0 Å². The second-order valence-electron chi connectivity index (χ2n) is 4.19. The average molecular weight is 240 g/mol. The molecule has 2 aromatic rings. The number of carbonyl (C=O) groups excluding carboxylic acids is 1. The lowest BCUT2D eigenvalue weighted by Gasteiger charge is -2.12. The molecule has 2 rings (SSSR count). The first-order chi connectivity index (χ1) is 8.74. The molecule has 0 aromatic heterocycles. The first-order valence-corrected chi connectivity index (χ1v) is 6.09. The van der Waals surface area contributed by atoms with Gasteiger partial charge in [0.1, 0.15) is 6.10 Å². The molecule has 1 atom stereocenters. The second-order valence-corrected chi connectivity index (χ2v) is 4.19. The number of aryl methyl sites for hydroxylation is 1. The Kier molecular flexibility index (Phi) is 3.90. The van der Waals surface area contributed by atoms with E-state index in [-0.39, 0.29) is 5.78 Å². The zero-order chi connectivity index (χ0) is 13.0. The maximum Gasteiger partial charge on any atom is 0.196 e. The molecular weight excluding hydrogens is 224 g/mol. The number of aliphatic hydroxyl groups is 1. The van der Waals surface area contributed by atoms with Crippen molar-refractivity contribution in [2.24, 2.45) is 0 Å². The van der Waals surface area contributed by atoms with Crippen molar-refractivity contribution in [3.8, 4) is 0 Å². The monoisotopic (exact) mass is 240 g/mol. The highest BCUT2D eigenvalue weighted by molar-refractivity contribution is 6.01. The van der Waals surface area contributed by atoms with Crippen LogP contribution in [0.5, 0.6) is 0 Å². The van der Waals surface area contributed by atoms with Gasteiger partial charge in [0, 0.05) is 5.56 Å². The minimum atomic E-state index is -1.08. The van der Waals surface area contributed by atoms with Crippen LogP contribution in [0.4, 0.5) is 0 Å². The molecule has 0 spiro atoms. The molecule has 0 amide bonds. The molecule has 0 aliphatic rings. The summed E-state index contributed by atoms with van der Waals surface area (Å²) in [6, 6.07) is 16.4. The smallest absolute Gasteiger partial charge is 0.196 e. The Morgan fingerprint density at radius 3 is 2.33 bits per heavy atom. The fourth-order valence-electron chi connectivity index (χ4n) is 2.00. The first-order valence-electron chi connectivity index (χ1n) is 6.09. The summed E-state index contributed by atoms with van der Waals surface area (Å²) >= 11 is 0. The van der Waals surface area contributed by atoms with Crippen molar-refractivity contribution in [3.63, 3.8) is 0 Å². The lowest BCUT2D eigenvalue weighted by Crippen LogP contribution is -2.14. The highest BCUT2D eigenvalue weighted by Gasteiger charge is 2.20. The Labute approximate surface area is 107 Å². The highest BCUT2D eigenvalue weighted by atomic mass is 16.3. The topological polar surface area (TPSA) is 37.3 Å². The summed E-state index contributed by atoms with van der Waals surface area (Å²) in [7, 11) is 0. The van der Waals surface area contributed by atoms with Crippen molar-refractivity contribution in [2.45, 2.75) is 19.4 Å². The van der Waals surface area contributed by atoms with E-state index in [1.807, 2.05) is 43.3 Å². The predicted molar refractivity (Wildman–Crippen MR) is 71.6 cm³/mol. The zero-order valence-corrected chi connectivity index (χ0v) is 10.3. The standard InChI is InChI=1S/C16H16O2/c1-2-12-8-6-7-11-14(12)16(18)15(17)13-9-4-3-5-10-13/h3-11,15,17H,2H2,1H3. The van der Waals surface area contributed by atoms with Gasteiger partial charge in [-0.3, -0.25) is 4.79 Å². The van der Waals surface area contributed by atoms with Crippen LogP contribution in [0.2, 0.25) is 0 Å². The lowest BCUT2D eigenvalue weighted by molar-refractivity contribution is 0.0746. The Balaban J connectivity index is 2.32. The van der Waals surface area contributed by atoms with Gasteiger partial charge in [-0.1, -0.05) is 61.5 Å². The summed E-state index contributed by atoms with van der Waals surface area (Å²) in [6.45, 7) is 2.00. The van der Waals surface area contributed by atoms with Crippen LogP contribution in [0.25, 0.3) is 0 Å². The van der Waals surface area contributed by atoms with Crippen LogP contribution in [0, 0.1) is 0 Å². The number of benzene rings is 2. The number of hydrogen-bond donors (Lipinski definition) is 1. The van der Waals surface area contributed by atoms with Crippen LogP contribution in [0.3, 0.4) is 0 Å². The first kappa shape index (κ1) is 12.5. The van der Waals surface area contributed by atoms with Crippen molar-refractivity contribution in [3.05, 3.63) is 71.3 Å². The molecule has 0 fully saturated rings. The fraction of sp³-hybridized carbons (Fsp3) is 0.188. The van der Waals surface area contributed by atoms with Gasteiger partial charge >= 0.3 is 0 Å². The van der Waals surface area contributed by atoms with E-state index < -0.39 is 6.10 Å². The minimum absolute atomic E-state index is 0.237. The van der Waals surface area contributed by atoms with Crippen molar-refractivity contribution < 1.29 is 9.90 Å². The minimum Gasteiger partial charge on any atom is -0.380 e. The highest BCUT2D eigenvalue weighted by Crippen LogP contribution is 2.20. The summed E-state index contributed by atoms with van der Waals surface area (Å²) in [6.07, 6.45) is -0.303. The van der Waals surface area contributed by atoms with Gasteiger partial charge in [-0.25, -0.2) is 0 Å². The van der Waals surface area contributed by atoms with Gasteiger partial charge in [-0.2, -0.15) is 0 Å². The van der Waals surface area contributed by atoms with Crippen molar-refractivity contribution in [1.29, 1.82) is 0 Å². The third-order valence-electron chi connectivity index (χ3n) is 3.03. The summed E-state index contributed by atoms with van der Waals surface area (Å²) in [5, 5.41) is 10.1. The summed E-state index contributed by atoms with van der Waals surface area (Å²) < 4.78 is 0. The van der Waals surface area contributed by atoms with Crippen molar-refractivity contribution >= 4 is 5.78 Å². The Hall–Kier alpha value is -1.93. The molecule has 0 saturated carbocycles. The van der Waals surface area contributed by atoms with Gasteiger partial charge in [0.05, 0.1) is 0 Å². The van der Waals surface area contributed by atoms with E-state index in [1.54, 1.807) is 18.2 Å². The number of hydrogen-bond acceptors (Lipinski definition) is 2. The molecule has 1 unspecified atom stereocenters. The van der Waals surface area contributed by atoms with E-state index in [4.69, 9.17) is 0 Å². The van der Waals surface area contributed by atoms with Crippen LogP contribution in [-0.2, 0) is 6.42 Å². The van der Waals surface area contributed by atoms with E-state index in [9.17, 15) is 9.90 Å². The predicted octanol–water partition coefficient (Wildman–Crippen LogP) is 3.17. The normalized spacial score (nSPS) is 12.1.